The molecule has 0 atom stereocenters. The van der Waals surface area contributed by atoms with Crippen molar-refractivity contribution in [3.8, 4) is 11.5 Å². The van der Waals surface area contributed by atoms with Crippen LogP contribution in [-0.4, -0.2) is 45.2 Å². The summed E-state index contributed by atoms with van der Waals surface area (Å²) in [7, 11) is 2.85. The lowest BCUT2D eigenvalue weighted by molar-refractivity contribution is -0.119. The molecule has 30 heavy (non-hydrogen) atoms. The molecule has 1 heterocycles. The lowest BCUT2D eigenvalue weighted by Crippen LogP contribution is -2.24. The van der Waals surface area contributed by atoms with Gasteiger partial charge in [0.25, 0.3) is 5.91 Å². The maximum Gasteiger partial charge on any atom is 0.338 e. The van der Waals surface area contributed by atoms with Gasteiger partial charge in [-0.25, -0.2) is 4.79 Å². The maximum atomic E-state index is 12.3. The average molecular weight is 433 g/mol. The van der Waals surface area contributed by atoms with E-state index in [1.165, 1.54) is 26.4 Å². The molecule has 1 aliphatic heterocycles. The largest absolute Gasteiger partial charge is 0.493 e. The number of ether oxygens (including phenoxy) is 3. The van der Waals surface area contributed by atoms with E-state index < -0.39 is 18.5 Å². The average Bonchev–Trinajstić information content (AvgIpc) is 3.17. The number of nitrogens with zero attached hydrogens (tertiary/aromatic N) is 1. The highest BCUT2D eigenvalue weighted by atomic mass is 35.5. The van der Waals surface area contributed by atoms with E-state index in [1.54, 1.807) is 29.2 Å². The van der Waals surface area contributed by atoms with Gasteiger partial charge in [0.2, 0.25) is 5.91 Å². The summed E-state index contributed by atoms with van der Waals surface area (Å²) in [5.74, 6) is -0.621. The first kappa shape index (κ1) is 21.4. The minimum absolute atomic E-state index is 0.0565. The second kappa shape index (κ2) is 9.49. The van der Waals surface area contributed by atoms with Gasteiger partial charge in [-0.1, -0.05) is 17.7 Å². The highest BCUT2D eigenvalue weighted by Gasteiger charge is 2.22. The van der Waals surface area contributed by atoms with E-state index in [9.17, 15) is 14.4 Å². The number of methoxy groups -OCH3 is 2. The summed E-state index contributed by atoms with van der Waals surface area (Å²) in [6.45, 7) is 0.166. The molecule has 2 aromatic rings. The van der Waals surface area contributed by atoms with Crippen LogP contribution in [0.4, 0.5) is 11.4 Å². The van der Waals surface area contributed by atoms with Gasteiger partial charge < -0.3 is 24.4 Å². The third-order valence-electron chi connectivity index (χ3n) is 4.52. The summed E-state index contributed by atoms with van der Waals surface area (Å²) in [5.41, 5.74) is 1.34. The Morgan fingerprint density at radius 2 is 1.97 bits per heavy atom. The summed E-state index contributed by atoms with van der Waals surface area (Å²) < 4.78 is 15.3. The van der Waals surface area contributed by atoms with Crippen LogP contribution in [0.2, 0.25) is 5.02 Å². The van der Waals surface area contributed by atoms with Crippen molar-refractivity contribution in [3.05, 3.63) is 47.0 Å². The monoisotopic (exact) mass is 432 g/mol. The molecule has 1 fully saturated rings. The number of carbonyl (C=O) groups is 3. The Kier molecular flexibility index (Phi) is 6.79. The fourth-order valence-corrected chi connectivity index (χ4v) is 3.41. The second-order valence-electron chi connectivity index (χ2n) is 6.52. The molecule has 0 spiro atoms. The van der Waals surface area contributed by atoms with E-state index in [2.05, 4.69) is 5.32 Å². The zero-order chi connectivity index (χ0) is 21.7. The van der Waals surface area contributed by atoms with Crippen molar-refractivity contribution in [1.82, 2.24) is 0 Å². The van der Waals surface area contributed by atoms with Crippen LogP contribution >= 0.6 is 11.6 Å². The molecular weight excluding hydrogens is 412 g/mol. The molecule has 0 saturated carbocycles. The lowest BCUT2D eigenvalue weighted by Gasteiger charge is -2.16. The highest BCUT2D eigenvalue weighted by molar-refractivity contribution is 6.32. The summed E-state index contributed by atoms with van der Waals surface area (Å²) >= 11 is 6.09. The quantitative estimate of drug-likeness (QED) is 0.675. The molecule has 2 aromatic carbocycles. The molecule has 1 N–H and O–H groups in total. The number of hydrogen-bond acceptors (Lipinski definition) is 6. The number of nitrogens with one attached hydrogen (secondary N) is 1. The smallest absolute Gasteiger partial charge is 0.338 e. The van der Waals surface area contributed by atoms with E-state index in [-0.39, 0.29) is 22.2 Å². The topological polar surface area (TPSA) is 94.2 Å². The number of halogens is 1. The Morgan fingerprint density at radius 3 is 2.63 bits per heavy atom. The molecule has 1 aliphatic rings. The molecule has 8 nitrogen and oxygen atoms in total. The number of carbonyl (C=O) groups excluding carboxylic acids is 3. The Hall–Kier alpha value is -3.26. The zero-order valence-electron chi connectivity index (χ0n) is 16.6. The third-order valence-corrected chi connectivity index (χ3v) is 4.80. The molecule has 1 saturated heterocycles. The summed E-state index contributed by atoms with van der Waals surface area (Å²) in [5, 5.41) is 2.84. The number of benzene rings is 2. The molecule has 3 rings (SSSR count). The molecule has 0 aliphatic carbocycles. The van der Waals surface area contributed by atoms with Crippen LogP contribution in [0.25, 0.3) is 0 Å². The van der Waals surface area contributed by atoms with Crippen LogP contribution in [-0.2, 0) is 14.3 Å². The van der Waals surface area contributed by atoms with Crippen molar-refractivity contribution in [2.75, 3.05) is 37.6 Å². The van der Waals surface area contributed by atoms with Gasteiger partial charge in [0.05, 0.1) is 24.8 Å². The van der Waals surface area contributed by atoms with E-state index in [0.717, 1.165) is 6.42 Å². The van der Waals surface area contributed by atoms with Gasteiger partial charge in [-0.2, -0.15) is 0 Å². The third kappa shape index (κ3) is 4.83. The Labute approximate surface area is 178 Å². The van der Waals surface area contributed by atoms with Crippen molar-refractivity contribution in [2.45, 2.75) is 12.8 Å². The van der Waals surface area contributed by atoms with Gasteiger partial charge in [0.1, 0.15) is 0 Å². The minimum Gasteiger partial charge on any atom is -0.493 e. The molecule has 158 valence electrons. The van der Waals surface area contributed by atoms with Crippen LogP contribution in [0.1, 0.15) is 23.2 Å². The molecular formula is C21H21ClN2O6. The van der Waals surface area contributed by atoms with Crippen molar-refractivity contribution in [1.29, 1.82) is 0 Å². The fraction of sp³-hybridized carbons (Fsp3) is 0.286. The van der Waals surface area contributed by atoms with Crippen molar-refractivity contribution in [3.63, 3.8) is 0 Å². The first-order valence-electron chi connectivity index (χ1n) is 9.22. The van der Waals surface area contributed by atoms with E-state index in [0.29, 0.717) is 30.1 Å². The molecule has 0 unspecified atom stereocenters. The predicted octanol–water partition coefficient (Wildman–Crippen LogP) is 3.28. The van der Waals surface area contributed by atoms with Crippen LogP contribution < -0.4 is 19.7 Å². The van der Waals surface area contributed by atoms with Crippen molar-refractivity contribution >= 4 is 40.8 Å². The van der Waals surface area contributed by atoms with Crippen LogP contribution in [0.3, 0.4) is 0 Å². The molecule has 0 bridgehead atoms. The van der Waals surface area contributed by atoms with Crippen molar-refractivity contribution in [2.24, 2.45) is 0 Å². The van der Waals surface area contributed by atoms with Crippen LogP contribution in [0.15, 0.2) is 36.4 Å². The Morgan fingerprint density at radius 1 is 1.17 bits per heavy atom. The van der Waals surface area contributed by atoms with Gasteiger partial charge in [0, 0.05) is 24.3 Å². The standard InChI is InChI=1S/C21H21ClN2O6/c1-28-17-10-13(9-16(22)20(17)29-2)21(27)30-12-18(25)23-14-5-3-6-15(11-14)24-8-4-7-19(24)26/h3,5-6,9-11H,4,7-8,12H2,1-2H3,(H,23,25). The number of anilines is 2. The Bertz CT molecular complexity index is 978. The highest BCUT2D eigenvalue weighted by Crippen LogP contribution is 2.36. The molecule has 0 aromatic heterocycles. The van der Waals surface area contributed by atoms with Gasteiger partial charge in [-0.05, 0) is 36.8 Å². The SMILES string of the molecule is COc1cc(C(=O)OCC(=O)Nc2cccc(N3CCCC3=O)c2)cc(Cl)c1OC. The number of amides is 2. The van der Waals surface area contributed by atoms with E-state index >= 15 is 0 Å². The van der Waals surface area contributed by atoms with E-state index in [1.807, 2.05) is 0 Å². The summed E-state index contributed by atoms with van der Waals surface area (Å²) in [4.78, 5) is 38.0. The minimum atomic E-state index is -0.732. The van der Waals surface area contributed by atoms with Gasteiger partial charge in [-0.15, -0.1) is 0 Å². The first-order chi connectivity index (χ1) is 14.4. The summed E-state index contributed by atoms with van der Waals surface area (Å²) in [6.07, 6.45) is 1.33. The normalized spacial score (nSPS) is 13.2. The van der Waals surface area contributed by atoms with Crippen LogP contribution in [0, 0.1) is 0 Å². The second-order valence-corrected chi connectivity index (χ2v) is 6.92. The van der Waals surface area contributed by atoms with Crippen LogP contribution in [0.5, 0.6) is 11.5 Å². The maximum absolute atomic E-state index is 12.3. The zero-order valence-corrected chi connectivity index (χ0v) is 17.3. The van der Waals surface area contributed by atoms with Crippen molar-refractivity contribution < 1.29 is 28.6 Å². The predicted molar refractivity (Wildman–Crippen MR) is 111 cm³/mol. The van der Waals surface area contributed by atoms with Gasteiger partial charge >= 0.3 is 5.97 Å². The first-order valence-corrected chi connectivity index (χ1v) is 9.59. The van der Waals surface area contributed by atoms with Gasteiger partial charge in [0.15, 0.2) is 18.1 Å². The number of hydrogen-bond donors (Lipinski definition) is 1. The number of rotatable bonds is 7. The fourth-order valence-electron chi connectivity index (χ4n) is 3.12. The van der Waals surface area contributed by atoms with E-state index in [4.69, 9.17) is 25.8 Å². The molecule has 0 radical (unpaired) electrons. The van der Waals surface area contributed by atoms with Gasteiger partial charge in [-0.3, -0.25) is 9.59 Å². The number of esters is 1. The Balaban J connectivity index is 1.60. The molecule has 2 amide bonds. The lowest BCUT2D eigenvalue weighted by atomic mass is 10.2. The summed E-state index contributed by atoms with van der Waals surface area (Å²) in [6, 6.07) is 9.74. The molecule has 9 heteroatoms.